The second kappa shape index (κ2) is 5.80. The Morgan fingerprint density at radius 1 is 1.60 bits per heavy atom. The maximum absolute atomic E-state index is 12.2. The molecule has 1 atom stereocenters. The zero-order valence-corrected chi connectivity index (χ0v) is 12.5. The average molecular weight is 310 g/mol. The van der Waals surface area contributed by atoms with Crippen LogP contribution >= 0.6 is 24.0 Å². The predicted molar refractivity (Wildman–Crippen MR) is 77.5 cm³/mol. The molecule has 5 nitrogen and oxygen atoms in total. The van der Waals surface area contributed by atoms with Gasteiger partial charge in [0.05, 0.1) is 16.9 Å². The molecule has 7 heteroatoms. The summed E-state index contributed by atoms with van der Waals surface area (Å²) in [6.45, 7) is 3.46. The van der Waals surface area contributed by atoms with E-state index in [4.69, 9.17) is 16.6 Å². The lowest BCUT2D eigenvalue weighted by atomic mass is 10.2. The number of amides is 1. The summed E-state index contributed by atoms with van der Waals surface area (Å²) in [6, 6.07) is 2.48. The molecule has 0 saturated carbocycles. The van der Waals surface area contributed by atoms with Gasteiger partial charge in [0.15, 0.2) is 0 Å². The van der Waals surface area contributed by atoms with E-state index in [1.54, 1.807) is 32.1 Å². The van der Waals surface area contributed by atoms with Crippen molar-refractivity contribution in [3.63, 3.8) is 0 Å². The summed E-state index contributed by atoms with van der Waals surface area (Å²) in [6.07, 6.45) is 1.80. The maximum Gasteiger partial charge on any atom is 0.266 e. The summed E-state index contributed by atoms with van der Waals surface area (Å²) in [5, 5.41) is 11.1. The fraction of sp³-hybridized carbons (Fsp3) is 0.308. The Kier molecular flexibility index (Phi) is 4.29. The molecule has 0 unspecified atom stereocenters. The van der Waals surface area contributed by atoms with Gasteiger partial charge in [0.2, 0.25) is 0 Å². The summed E-state index contributed by atoms with van der Waals surface area (Å²) in [4.78, 5) is 24.8. The number of carboxylic acids is 1. The van der Waals surface area contributed by atoms with Crippen LogP contribution in [-0.4, -0.2) is 27.1 Å². The summed E-state index contributed by atoms with van der Waals surface area (Å²) in [5.74, 6) is -0.471. The van der Waals surface area contributed by atoms with Crippen LogP contribution in [-0.2, 0) is 9.59 Å². The minimum Gasteiger partial charge on any atom is -0.548 e. The highest BCUT2D eigenvalue weighted by atomic mass is 32.2. The van der Waals surface area contributed by atoms with Crippen LogP contribution in [0.25, 0.3) is 6.08 Å². The van der Waals surface area contributed by atoms with Crippen LogP contribution in [0.1, 0.15) is 24.9 Å². The molecule has 0 aromatic carbocycles. The molecule has 1 amide bonds. The number of carboxylic acid groups (broad SMARTS) is 1. The van der Waals surface area contributed by atoms with E-state index >= 15 is 0 Å². The molecular weight excluding hydrogens is 298 g/mol. The van der Waals surface area contributed by atoms with E-state index in [0.717, 1.165) is 22.4 Å². The van der Waals surface area contributed by atoms with Crippen molar-refractivity contribution < 1.29 is 19.1 Å². The zero-order chi connectivity index (χ0) is 14.9. The first kappa shape index (κ1) is 14.8. The van der Waals surface area contributed by atoms with Gasteiger partial charge in [-0.15, -0.1) is 0 Å². The molecule has 1 aliphatic rings. The molecule has 0 bridgehead atoms. The van der Waals surface area contributed by atoms with E-state index in [2.05, 4.69) is 0 Å². The van der Waals surface area contributed by atoms with Crippen molar-refractivity contribution in [2.24, 2.45) is 0 Å². The third-order valence-electron chi connectivity index (χ3n) is 2.83. The average Bonchev–Trinajstić information content (AvgIpc) is 2.89. The van der Waals surface area contributed by atoms with Crippen molar-refractivity contribution in [3.8, 4) is 0 Å². The lowest BCUT2D eigenvalue weighted by molar-refractivity contribution is -0.310. The fourth-order valence-corrected chi connectivity index (χ4v) is 3.20. The van der Waals surface area contributed by atoms with Crippen LogP contribution in [0.4, 0.5) is 0 Å². The van der Waals surface area contributed by atoms with Gasteiger partial charge in [0.1, 0.15) is 15.8 Å². The van der Waals surface area contributed by atoms with Gasteiger partial charge in [-0.2, -0.15) is 0 Å². The Labute approximate surface area is 125 Å². The summed E-state index contributed by atoms with van der Waals surface area (Å²) in [5.41, 5.74) is 0. The first-order valence-corrected chi connectivity index (χ1v) is 7.21. The highest BCUT2D eigenvalue weighted by Gasteiger charge is 2.37. The highest BCUT2D eigenvalue weighted by molar-refractivity contribution is 8.26. The van der Waals surface area contributed by atoms with Crippen molar-refractivity contribution in [1.29, 1.82) is 0 Å². The maximum atomic E-state index is 12.2. The topological polar surface area (TPSA) is 73.6 Å². The molecule has 106 valence electrons. The van der Waals surface area contributed by atoms with Crippen molar-refractivity contribution in [3.05, 3.63) is 28.6 Å². The van der Waals surface area contributed by atoms with E-state index in [9.17, 15) is 14.7 Å². The van der Waals surface area contributed by atoms with Crippen molar-refractivity contribution in [2.75, 3.05) is 0 Å². The molecule has 1 aliphatic heterocycles. The van der Waals surface area contributed by atoms with Crippen LogP contribution in [0.5, 0.6) is 0 Å². The van der Waals surface area contributed by atoms with E-state index < -0.39 is 17.9 Å². The standard InChI is InChI=1S/C13H13NO4S2/c1-3-9(12(16)17)14-11(15)10(20-13(14)19)6-8-5-4-7(2)18-8/h4-6,9H,3H2,1-2H3,(H,16,17)/p-1/t9-/m0/s1. The number of carbonyl (C=O) groups excluding carboxylic acids is 2. The van der Waals surface area contributed by atoms with Gasteiger partial charge >= 0.3 is 0 Å². The van der Waals surface area contributed by atoms with Crippen LogP contribution in [0.15, 0.2) is 21.5 Å². The first-order chi connectivity index (χ1) is 9.43. The lowest BCUT2D eigenvalue weighted by Crippen LogP contribution is -2.49. The third-order valence-corrected chi connectivity index (χ3v) is 4.16. The van der Waals surface area contributed by atoms with Gasteiger partial charge in [-0.3, -0.25) is 9.69 Å². The first-order valence-electron chi connectivity index (χ1n) is 5.98. The Morgan fingerprint density at radius 2 is 2.30 bits per heavy atom. The molecule has 0 N–H and O–H groups in total. The van der Waals surface area contributed by atoms with Crippen molar-refractivity contribution >= 4 is 46.3 Å². The fourth-order valence-electron chi connectivity index (χ4n) is 1.86. The number of carbonyl (C=O) groups is 2. The Morgan fingerprint density at radius 3 is 2.80 bits per heavy atom. The second-order valence-corrected chi connectivity index (χ2v) is 5.92. The predicted octanol–water partition coefficient (Wildman–Crippen LogP) is 1.32. The number of thioether (sulfide) groups is 1. The quantitative estimate of drug-likeness (QED) is 0.617. The highest BCUT2D eigenvalue weighted by Crippen LogP contribution is 2.34. The Balaban J connectivity index is 2.29. The molecule has 1 aromatic rings. The minimum absolute atomic E-state index is 0.223. The van der Waals surface area contributed by atoms with Crippen LogP contribution in [0.3, 0.4) is 0 Å². The van der Waals surface area contributed by atoms with Crippen LogP contribution in [0, 0.1) is 6.92 Å². The largest absolute Gasteiger partial charge is 0.548 e. The number of aliphatic carboxylic acids is 1. The van der Waals surface area contributed by atoms with Gasteiger partial charge in [-0.05, 0) is 25.5 Å². The van der Waals surface area contributed by atoms with Gasteiger partial charge in [-0.1, -0.05) is 30.9 Å². The number of furan rings is 1. The van der Waals surface area contributed by atoms with Crippen molar-refractivity contribution in [2.45, 2.75) is 26.3 Å². The number of aryl methyl sites for hydroxylation is 1. The number of rotatable bonds is 4. The SMILES string of the molecule is CC[C@@H](C(=O)[O-])N1C(=O)C(=Cc2ccc(C)o2)SC1=S. The monoisotopic (exact) mass is 310 g/mol. The third kappa shape index (κ3) is 2.78. The molecule has 0 spiro atoms. The van der Waals surface area contributed by atoms with E-state index in [1.165, 1.54) is 0 Å². The molecule has 1 saturated heterocycles. The second-order valence-electron chi connectivity index (χ2n) is 4.24. The number of hydrogen-bond acceptors (Lipinski definition) is 6. The smallest absolute Gasteiger partial charge is 0.266 e. The van der Waals surface area contributed by atoms with E-state index in [0.29, 0.717) is 10.7 Å². The number of thiocarbonyl (C=S) groups is 1. The molecule has 20 heavy (non-hydrogen) atoms. The summed E-state index contributed by atoms with van der Waals surface area (Å²) < 4.78 is 5.59. The number of hydrogen-bond donors (Lipinski definition) is 0. The van der Waals surface area contributed by atoms with E-state index in [1.807, 2.05) is 0 Å². The van der Waals surface area contributed by atoms with E-state index in [-0.39, 0.29) is 10.7 Å². The zero-order valence-electron chi connectivity index (χ0n) is 10.9. The van der Waals surface area contributed by atoms with Crippen LogP contribution in [0.2, 0.25) is 0 Å². The molecule has 1 fully saturated rings. The Hall–Kier alpha value is -1.60. The van der Waals surface area contributed by atoms with Crippen LogP contribution < -0.4 is 5.11 Å². The van der Waals surface area contributed by atoms with Gasteiger partial charge < -0.3 is 14.3 Å². The molecular formula is C13H12NO4S2-. The van der Waals surface area contributed by atoms with Gasteiger partial charge in [0, 0.05) is 6.08 Å². The molecule has 2 heterocycles. The van der Waals surface area contributed by atoms with Gasteiger partial charge in [-0.25, -0.2) is 0 Å². The molecule has 0 radical (unpaired) electrons. The normalized spacial score (nSPS) is 18.9. The van der Waals surface area contributed by atoms with Gasteiger partial charge in [0.25, 0.3) is 5.91 Å². The molecule has 0 aliphatic carbocycles. The molecule has 2 rings (SSSR count). The lowest BCUT2D eigenvalue weighted by Gasteiger charge is -2.26. The van der Waals surface area contributed by atoms with Crippen molar-refractivity contribution in [1.82, 2.24) is 4.90 Å². The number of nitrogens with zero attached hydrogens (tertiary/aromatic N) is 1. The minimum atomic E-state index is -1.31. The summed E-state index contributed by atoms with van der Waals surface area (Å²) >= 11 is 6.15. The summed E-state index contributed by atoms with van der Waals surface area (Å²) in [7, 11) is 0. The molecule has 1 aromatic heterocycles. The Bertz CT molecular complexity index is 605.